The van der Waals surface area contributed by atoms with Crippen LogP contribution in [-0.4, -0.2) is 17.0 Å². The highest BCUT2D eigenvalue weighted by Crippen LogP contribution is 2.26. The van der Waals surface area contributed by atoms with Gasteiger partial charge >= 0.3 is 0 Å². The number of amidine groups is 1. The van der Waals surface area contributed by atoms with E-state index in [1.165, 1.54) is 6.42 Å². The number of thioether (sulfide) groups is 1. The maximum atomic E-state index is 6.17. The van der Waals surface area contributed by atoms with Crippen LogP contribution < -0.4 is 5.32 Å². The summed E-state index contributed by atoms with van der Waals surface area (Å²) in [6.07, 6.45) is 1.17. The number of benzene rings is 1. The molecule has 1 aromatic carbocycles. The first kappa shape index (κ1) is 12.8. The van der Waals surface area contributed by atoms with Gasteiger partial charge < -0.3 is 5.32 Å². The summed E-state index contributed by atoms with van der Waals surface area (Å²) in [5, 5.41) is 5.92. The van der Waals surface area contributed by atoms with Gasteiger partial charge in [-0.25, -0.2) is 0 Å². The Bertz CT molecular complexity index is 420. The van der Waals surface area contributed by atoms with Crippen LogP contribution in [0.15, 0.2) is 29.3 Å². The van der Waals surface area contributed by atoms with Gasteiger partial charge in [-0.2, -0.15) is 0 Å². The molecule has 2 atom stereocenters. The molecule has 0 spiro atoms. The maximum Gasteiger partial charge on any atom is 0.157 e. The second-order valence-corrected chi connectivity index (χ2v) is 5.88. The third kappa shape index (κ3) is 3.17. The van der Waals surface area contributed by atoms with Crippen molar-refractivity contribution in [3.05, 3.63) is 34.9 Å². The van der Waals surface area contributed by atoms with E-state index < -0.39 is 0 Å². The van der Waals surface area contributed by atoms with Crippen LogP contribution in [0.4, 0.5) is 0 Å². The van der Waals surface area contributed by atoms with Crippen molar-refractivity contribution in [3.63, 3.8) is 0 Å². The van der Waals surface area contributed by atoms with Crippen molar-refractivity contribution in [1.29, 1.82) is 0 Å². The zero-order valence-electron chi connectivity index (χ0n) is 10.1. The lowest BCUT2D eigenvalue weighted by Gasteiger charge is -2.16. The Morgan fingerprint density at radius 2 is 2.29 bits per heavy atom. The quantitative estimate of drug-likeness (QED) is 0.900. The normalized spacial score (nSPS) is 21.1. The summed E-state index contributed by atoms with van der Waals surface area (Å²) in [7, 11) is 0. The van der Waals surface area contributed by atoms with Crippen molar-refractivity contribution >= 4 is 28.5 Å². The molecule has 92 valence electrons. The molecular weight excluding hydrogens is 252 g/mol. The lowest BCUT2D eigenvalue weighted by Crippen LogP contribution is -2.23. The van der Waals surface area contributed by atoms with E-state index in [1.807, 2.05) is 30.0 Å². The summed E-state index contributed by atoms with van der Waals surface area (Å²) < 4.78 is 0. The number of hydrogen-bond acceptors (Lipinski definition) is 3. The minimum absolute atomic E-state index is 0.200. The predicted molar refractivity (Wildman–Crippen MR) is 77.0 cm³/mol. The van der Waals surface area contributed by atoms with Crippen LogP contribution in [0.5, 0.6) is 0 Å². The molecule has 17 heavy (non-hydrogen) atoms. The minimum atomic E-state index is 0.200. The van der Waals surface area contributed by atoms with Crippen LogP contribution in [0, 0.1) is 0 Å². The van der Waals surface area contributed by atoms with Gasteiger partial charge in [0.25, 0.3) is 0 Å². The molecule has 0 saturated carbocycles. The van der Waals surface area contributed by atoms with E-state index in [-0.39, 0.29) is 6.04 Å². The molecule has 0 saturated heterocycles. The molecule has 0 fully saturated rings. The molecule has 1 heterocycles. The molecule has 1 N–H and O–H groups in total. The average Bonchev–Trinajstić information content (AvgIpc) is 2.77. The Balaban J connectivity index is 1.99. The summed E-state index contributed by atoms with van der Waals surface area (Å²) >= 11 is 8.01. The smallest absolute Gasteiger partial charge is 0.157 e. The van der Waals surface area contributed by atoms with E-state index in [0.29, 0.717) is 5.25 Å². The Labute approximate surface area is 112 Å². The number of aliphatic imine (C=N–C) groups is 1. The fraction of sp³-hybridized carbons (Fsp3) is 0.462. The van der Waals surface area contributed by atoms with Gasteiger partial charge in [-0.3, -0.25) is 4.99 Å². The SMILES string of the molecule is CCC1CN=C(NC(C)c2ccccc2Cl)S1. The van der Waals surface area contributed by atoms with Gasteiger partial charge in [0, 0.05) is 10.3 Å². The lowest BCUT2D eigenvalue weighted by atomic mass is 10.1. The van der Waals surface area contributed by atoms with E-state index in [4.69, 9.17) is 11.6 Å². The second kappa shape index (κ2) is 5.78. The molecule has 1 aromatic rings. The number of rotatable bonds is 3. The Morgan fingerprint density at radius 1 is 1.53 bits per heavy atom. The zero-order valence-corrected chi connectivity index (χ0v) is 11.7. The van der Waals surface area contributed by atoms with Crippen LogP contribution in [0.1, 0.15) is 31.9 Å². The number of halogens is 1. The van der Waals surface area contributed by atoms with E-state index in [2.05, 4.69) is 30.2 Å². The van der Waals surface area contributed by atoms with Gasteiger partial charge in [0.2, 0.25) is 0 Å². The standard InChI is InChI=1S/C13H17ClN2S/c1-3-10-8-15-13(17-10)16-9(2)11-6-4-5-7-12(11)14/h4-7,9-10H,3,8H2,1-2H3,(H,15,16). The highest BCUT2D eigenvalue weighted by atomic mass is 35.5. The van der Waals surface area contributed by atoms with Gasteiger partial charge in [0.1, 0.15) is 0 Å². The molecule has 0 bridgehead atoms. The molecule has 0 aliphatic carbocycles. The second-order valence-electron chi connectivity index (χ2n) is 4.18. The Hall–Kier alpha value is -0.670. The van der Waals surface area contributed by atoms with Crippen LogP contribution in [0.3, 0.4) is 0 Å². The predicted octanol–water partition coefficient (Wildman–Crippen LogP) is 3.87. The first-order valence-electron chi connectivity index (χ1n) is 5.92. The highest BCUT2D eigenvalue weighted by molar-refractivity contribution is 8.14. The first-order chi connectivity index (χ1) is 8.20. The zero-order chi connectivity index (χ0) is 12.3. The summed E-state index contributed by atoms with van der Waals surface area (Å²) in [6, 6.07) is 8.14. The molecule has 2 nitrogen and oxygen atoms in total. The topological polar surface area (TPSA) is 24.4 Å². The molecule has 1 aliphatic rings. The van der Waals surface area contributed by atoms with Crippen LogP contribution in [0.25, 0.3) is 0 Å². The Morgan fingerprint density at radius 3 is 2.94 bits per heavy atom. The molecule has 0 aromatic heterocycles. The lowest BCUT2D eigenvalue weighted by molar-refractivity contribution is 0.722. The molecule has 2 unspecified atom stereocenters. The third-order valence-electron chi connectivity index (χ3n) is 2.88. The summed E-state index contributed by atoms with van der Waals surface area (Å²) in [5.41, 5.74) is 1.12. The summed E-state index contributed by atoms with van der Waals surface area (Å²) in [5.74, 6) is 0. The monoisotopic (exact) mass is 268 g/mol. The van der Waals surface area contributed by atoms with Crippen molar-refractivity contribution in [2.75, 3.05) is 6.54 Å². The minimum Gasteiger partial charge on any atom is -0.358 e. The molecule has 0 amide bonds. The fourth-order valence-electron chi connectivity index (χ4n) is 1.80. The molecule has 2 rings (SSSR count). The van der Waals surface area contributed by atoms with Gasteiger partial charge in [-0.05, 0) is 25.0 Å². The van der Waals surface area contributed by atoms with Gasteiger partial charge in [0.15, 0.2) is 5.17 Å². The van der Waals surface area contributed by atoms with Crippen LogP contribution in [-0.2, 0) is 0 Å². The summed E-state index contributed by atoms with van der Waals surface area (Å²) in [4.78, 5) is 4.51. The number of nitrogens with zero attached hydrogens (tertiary/aromatic N) is 1. The van der Waals surface area contributed by atoms with Crippen LogP contribution in [0.2, 0.25) is 5.02 Å². The first-order valence-corrected chi connectivity index (χ1v) is 7.18. The van der Waals surface area contributed by atoms with Crippen molar-refractivity contribution in [3.8, 4) is 0 Å². The molecule has 4 heteroatoms. The molecule has 1 aliphatic heterocycles. The van der Waals surface area contributed by atoms with Crippen molar-refractivity contribution in [1.82, 2.24) is 5.32 Å². The fourth-order valence-corrected chi connectivity index (χ4v) is 3.12. The van der Waals surface area contributed by atoms with E-state index in [1.54, 1.807) is 0 Å². The molecule has 0 radical (unpaired) electrons. The van der Waals surface area contributed by atoms with E-state index in [9.17, 15) is 0 Å². The number of hydrogen-bond donors (Lipinski definition) is 1. The largest absolute Gasteiger partial charge is 0.358 e. The maximum absolute atomic E-state index is 6.17. The average molecular weight is 269 g/mol. The van der Waals surface area contributed by atoms with Crippen molar-refractivity contribution in [2.24, 2.45) is 4.99 Å². The Kier molecular flexibility index (Phi) is 4.35. The van der Waals surface area contributed by atoms with Gasteiger partial charge in [-0.1, -0.05) is 48.5 Å². The van der Waals surface area contributed by atoms with E-state index >= 15 is 0 Å². The van der Waals surface area contributed by atoms with Crippen molar-refractivity contribution in [2.45, 2.75) is 31.6 Å². The highest BCUT2D eigenvalue weighted by Gasteiger charge is 2.19. The number of nitrogens with one attached hydrogen (secondary N) is 1. The summed E-state index contributed by atoms with van der Waals surface area (Å²) in [6.45, 7) is 5.25. The van der Waals surface area contributed by atoms with Crippen molar-refractivity contribution < 1.29 is 0 Å². The molecular formula is C13H17ClN2S. The van der Waals surface area contributed by atoms with E-state index in [0.717, 1.165) is 22.3 Å². The van der Waals surface area contributed by atoms with Crippen LogP contribution >= 0.6 is 23.4 Å². The van der Waals surface area contributed by atoms with Gasteiger partial charge in [0.05, 0.1) is 12.6 Å². The third-order valence-corrected chi connectivity index (χ3v) is 4.51. The van der Waals surface area contributed by atoms with Gasteiger partial charge in [-0.15, -0.1) is 0 Å².